The molecule has 0 radical (unpaired) electrons. The Bertz CT molecular complexity index is 487. The summed E-state index contributed by atoms with van der Waals surface area (Å²) in [5.74, 6) is 0.885. The average molecular weight is 262 g/mol. The lowest BCUT2D eigenvalue weighted by Crippen LogP contribution is -2.49. The lowest BCUT2D eigenvalue weighted by molar-refractivity contribution is -0.474. The van der Waals surface area contributed by atoms with Gasteiger partial charge in [-0.15, -0.1) is 4.90 Å². The maximum absolute atomic E-state index is 12.6. The van der Waals surface area contributed by atoms with Crippen molar-refractivity contribution < 1.29 is 14.2 Å². The molecule has 19 heavy (non-hydrogen) atoms. The number of hydrogen-bond acceptors (Lipinski definition) is 2. The Balaban J connectivity index is 2.01. The standard InChI is InChI=1S/C14H20N3O2/c1-15(2)14(16(3)4)17-12(18)10-8-5-6-9(7-8)11(10)13(17)19/h5-6,8-11H,7H2,1-4H3/q+1. The number of imide groups is 1. The van der Waals surface area contributed by atoms with Crippen LogP contribution in [0, 0.1) is 23.7 Å². The predicted molar refractivity (Wildman–Crippen MR) is 70.4 cm³/mol. The topological polar surface area (TPSA) is 43.6 Å². The van der Waals surface area contributed by atoms with E-state index in [0.717, 1.165) is 6.42 Å². The van der Waals surface area contributed by atoms with Gasteiger partial charge in [0.15, 0.2) is 0 Å². The number of carbonyl (C=O) groups is 2. The van der Waals surface area contributed by atoms with Crippen LogP contribution in [0.15, 0.2) is 12.2 Å². The zero-order valence-electron chi connectivity index (χ0n) is 11.8. The van der Waals surface area contributed by atoms with Gasteiger partial charge in [0.2, 0.25) is 0 Å². The van der Waals surface area contributed by atoms with Gasteiger partial charge in [-0.2, -0.15) is 0 Å². The lowest BCUT2D eigenvalue weighted by atomic mass is 9.85. The lowest BCUT2D eigenvalue weighted by Gasteiger charge is -2.19. The van der Waals surface area contributed by atoms with Crippen LogP contribution in [0.25, 0.3) is 0 Å². The number of nitrogens with zero attached hydrogens (tertiary/aromatic N) is 3. The summed E-state index contributed by atoms with van der Waals surface area (Å²) >= 11 is 0. The number of likely N-dealkylation sites (tertiary alicyclic amines) is 1. The van der Waals surface area contributed by atoms with Gasteiger partial charge in [-0.05, 0) is 18.3 Å². The van der Waals surface area contributed by atoms with E-state index in [1.807, 2.05) is 37.7 Å². The maximum atomic E-state index is 12.6. The molecule has 0 aromatic carbocycles. The van der Waals surface area contributed by atoms with Crippen molar-refractivity contribution in [2.24, 2.45) is 23.7 Å². The van der Waals surface area contributed by atoms with Gasteiger partial charge >= 0.3 is 5.96 Å². The molecule has 0 spiro atoms. The van der Waals surface area contributed by atoms with Crippen LogP contribution >= 0.6 is 0 Å². The Kier molecular flexibility index (Phi) is 2.56. The molecule has 5 heteroatoms. The van der Waals surface area contributed by atoms with Crippen molar-refractivity contribution in [1.82, 2.24) is 9.80 Å². The van der Waals surface area contributed by atoms with Crippen molar-refractivity contribution in [3.8, 4) is 0 Å². The van der Waals surface area contributed by atoms with Gasteiger partial charge in [0.05, 0.1) is 40.0 Å². The molecule has 2 bridgehead atoms. The first-order valence-corrected chi connectivity index (χ1v) is 6.71. The SMILES string of the molecule is CN(C)C(N1C(=O)C2C3C=CC(C3)C2C1=O)=[N+](C)C. The summed E-state index contributed by atoms with van der Waals surface area (Å²) < 4.78 is 1.83. The Hall–Kier alpha value is -1.65. The second kappa shape index (κ2) is 3.92. The Morgan fingerprint density at radius 1 is 1.16 bits per heavy atom. The minimum Gasteiger partial charge on any atom is -0.269 e. The molecule has 1 saturated heterocycles. The predicted octanol–water partition coefficient (Wildman–Crippen LogP) is -0.0168. The van der Waals surface area contributed by atoms with Gasteiger partial charge in [0.1, 0.15) is 0 Å². The normalized spacial score (nSPS) is 35.1. The second-order valence-electron chi connectivity index (χ2n) is 6.10. The van der Waals surface area contributed by atoms with E-state index in [9.17, 15) is 9.59 Å². The van der Waals surface area contributed by atoms with E-state index < -0.39 is 0 Å². The molecule has 2 fully saturated rings. The van der Waals surface area contributed by atoms with E-state index in [2.05, 4.69) is 12.2 Å². The number of allylic oxidation sites excluding steroid dienone is 2. The largest absolute Gasteiger partial charge is 0.364 e. The zero-order valence-corrected chi connectivity index (χ0v) is 11.8. The molecular weight excluding hydrogens is 242 g/mol. The average Bonchev–Trinajstić information content (AvgIpc) is 2.97. The third kappa shape index (κ3) is 1.50. The molecule has 2 aliphatic carbocycles. The van der Waals surface area contributed by atoms with E-state index in [-0.39, 0.29) is 35.5 Å². The first-order valence-electron chi connectivity index (χ1n) is 6.71. The van der Waals surface area contributed by atoms with Crippen molar-refractivity contribution >= 4 is 17.8 Å². The number of fused-ring (bicyclic) bond motifs is 5. The summed E-state index contributed by atoms with van der Waals surface area (Å²) in [6.07, 6.45) is 5.21. The second-order valence-corrected chi connectivity index (χ2v) is 6.10. The minimum absolute atomic E-state index is 0.0238. The van der Waals surface area contributed by atoms with Gasteiger partial charge in [-0.25, -0.2) is 0 Å². The van der Waals surface area contributed by atoms with Crippen LogP contribution in [-0.4, -0.2) is 60.3 Å². The first kappa shape index (κ1) is 12.4. The van der Waals surface area contributed by atoms with Crippen LogP contribution in [0.2, 0.25) is 0 Å². The number of amides is 2. The molecule has 0 N–H and O–H groups in total. The van der Waals surface area contributed by atoms with Gasteiger partial charge in [-0.1, -0.05) is 12.2 Å². The molecule has 0 aromatic rings. The molecule has 0 aromatic heterocycles. The third-order valence-electron chi connectivity index (χ3n) is 4.47. The molecule has 1 heterocycles. The highest BCUT2D eigenvalue weighted by Gasteiger charge is 2.63. The van der Waals surface area contributed by atoms with E-state index in [0.29, 0.717) is 5.96 Å². The Morgan fingerprint density at radius 2 is 1.63 bits per heavy atom. The van der Waals surface area contributed by atoms with Crippen LogP contribution in [0.3, 0.4) is 0 Å². The number of rotatable bonds is 0. The molecule has 1 aliphatic heterocycles. The van der Waals surface area contributed by atoms with Gasteiger partial charge in [-0.3, -0.25) is 19.1 Å². The highest BCUT2D eigenvalue weighted by Crippen LogP contribution is 2.52. The zero-order chi connectivity index (χ0) is 13.9. The van der Waals surface area contributed by atoms with E-state index >= 15 is 0 Å². The first-order chi connectivity index (χ1) is 8.93. The molecule has 3 aliphatic rings. The smallest absolute Gasteiger partial charge is 0.269 e. The molecule has 102 valence electrons. The molecule has 4 atom stereocenters. The monoisotopic (exact) mass is 262 g/mol. The fourth-order valence-corrected chi connectivity index (χ4v) is 3.90. The van der Waals surface area contributed by atoms with Crippen molar-refractivity contribution in [3.05, 3.63) is 12.2 Å². The summed E-state index contributed by atoms with van der Waals surface area (Å²) in [4.78, 5) is 28.5. The fourth-order valence-electron chi connectivity index (χ4n) is 3.90. The van der Waals surface area contributed by atoms with Crippen LogP contribution in [0.1, 0.15) is 6.42 Å². The molecular formula is C14H20N3O2+. The number of hydrogen-bond donors (Lipinski definition) is 0. The van der Waals surface area contributed by atoms with Crippen LogP contribution in [-0.2, 0) is 9.59 Å². The Labute approximate surface area is 113 Å². The van der Waals surface area contributed by atoms with Crippen LogP contribution in [0.4, 0.5) is 0 Å². The number of carbonyl (C=O) groups excluding carboxylic acids is 2. The molecule has 5 nitrogen and oxygen atoms in total. The van der Waals surface area contributed by atoms with E-state index in [1.54, 1.807) is 0 Å². The van der Waals surface area contributed by atoms with Crippen molar-refractivity contribution in [1.29, 1.82) is 0 Å². The third-order valence-corrected chi connectivity index (χ3v) is 4.47. The van der Waals surface area contributed by atoms with E-state index in [1.165, 1.54) is 4.90 Å². The van der Waals surface area contributed by atoms with Crippen molar-refractivity contribution in [2.45, 2.75) is 6.42 Å². The molecule has 4 unspecified atom stereocenters. The van der Waals surface area contributed by atoms with Gasteiger partial charge in [0.25, 0.3) is 11.8 Å². The summed E-state index contributed by atoms with van der Waals surface area (Å²) in [7, 11) is 7.43. The van der Waals surface area contributed by atoms with Crippen LogP contribution < -0.4 is 0 Å². The van der Waals surface area contributed by atoms with Crippen LogP contribution in [0.5, 0.6) is 0 Å². The molecule has 1 saturated carbocycles. The highest BCUT2D eigenvalue weighted by atomic mass is 16.2. The molecule has 2 amide bonds. The summed E-state index contributed by atoms with van der Waals surface area (Å²) in [6.45, 7) is 0. The summed E-state index contributed by atoms with van der Waals surface area (Å²) in [5, 5.41) is 0. The molecule has 3 rings (SSSR count). The quantitative estimate of drug-likeness (QED) is 0.203. The van der Waals surface area contributed by atoms with Crippen molar-refractivity contribution in [2.75, 3.05) is 28.2 Å². The Morgan fingerprint density at radius 3 is 2.00 bits per heavy atom. The highest BCUT2D eigenvalue weighted by molar-refractivity contribution is 6.17. The number of guanidine groups is 1. The summed E-state index contributed by atoms with van der Waals surface area (Å²) in [6, 6.07) is 0. The summed E-state index contributed by atoms with van der Waals surface area (Å²) in [5.41, 5.74) is 0. The van der Waals surface area contributed by atoms with E-state index in [4.69, 9.17) is 0 Å². The maximum Gasteiger partial charge on any atom is 0.364 e. The minimum atomic E-state index is -0.127. The van der Waals surface area contributed by atoms with Gasteiger partial charge < -0.3 is 0 Å². The van der Waals surface area contributed by atoms with Gasteiger partial charge in [0, 0.05) is 0 Å². The van der Waals surface area contributed by atoms with Crippen molar-refractivity contribution in [3.63, 3.8) is 0 Å². The fraction of sp³-hybridized carbons (Fsp3) is 0.643.